The largest absolute Gasteiger partial charge is 0.496 e. The first-order chi connectivity index (χ1) is 10.6. The van der Waals surface area contributed by atoms with E-state index in [2.05, 4.69) is 15.8 Å². The summed E-state index contributed by atoms with van der Waals surface area (Å²) in [6.45, 7) is 0.563. The van der Waals surface area contributed by atoms with E-state index in [-0.39, 0.29) is 6.54 Å². The maximum Gasteiger partial charge on any atom is 0.329 e. The van der Waals surface area contributed by atoms with Gasteiger partial charge in [-0.15, -0.1) is 0 Å². The Morgan fingerprint density at radius 1 is 1.14 bits per heavy atom. The maximum atomic E-state index is 11.5. The Hall–Kier alpha value is -2.61. The molecule has 2 N–H and O–H groups in total. The molecule has 0 fully saturated rings. The monoisotopic (exact) mass is 309 g/mol. The standard InChI is InChI=1S/C14H19N3O5/c1-20-8-7-15-13(18)14(19)17-16-9-10-11(21-2)5-4-6-12(10)22-3/h4-6,9H,7-8H2,1-3H3,(H,15,18)(H,17,19)/b16-9-. The van der Waals surface area contributed by atoms with Gasteiger partial charge < -0.3 is 19.5 Å². The van der Waals surface area contributed by atoms with Crippen molar-refractivity contribution in [2.45, 2.75) is 0 Å². The first-order valence-corrected chi connectivity index (χ1v) is 6.45. The fourth-order valence-electron chi connectivity index (χ4n) is 1.56. The zero-order chi connectivity index (χ0) is 16.4. The van der Waals surface area contributed by atoms with Crippen LogP contribution in [0.25, 0.3) is 0 Å². The summed E-state index contributed by atoms with van der Waals surface area (Å²) in [4.78, 5) is 22.9. The van der Waals surface area contributed by atoms with Gasteiger partial charge in [0.1, 0.15) is 11.5 Å². The Kier molecular flexibility index (Phi) is 7.41. The molecule has 120 valence electrons. The fourth-order valence-corrected chi connectivity index (χ4v) is 1.56. The molecule has 1 rings (SSSR count). The van der Waals surface area contributed by atoms with Gasteiger partial charge in [-0.1, -0.05) is 6.07 Å². The van der Waals surface area contributed by atoms with Crippen molar-refractivity contribution in [3.8, 4) is 11.5 Å². The van der Waals surface area contributed by atoms with E-state index >= 15 is 0 Å². The molecule has 0 aliphatic heterocycles. The van der Waals surface area contributed by atoms with E-state index < -0.39 is 11.8 Å². The van der Waals surface area contributed by atoms with Gasteiger partial charge in [0.2, 0.25) is 0 Å². The van der Waals surface area contributed by atoms with Crippen molar-refractivity contribution in [3.05, 3.63) is 23.8 Å². The molecule has 0 aliphatic carbocycles. The van der Waals surface area contributed by atoms with Crippen molar-refractivity contribution < 1.29 is 23.8 Å². The number of nitrogens with one attached hydrogen (secondary N) is 2. The molecule has 8 nitrogen and oxygen atoms in total. The maximum absolute atomic E-state index is 11.5. The quantitative estimate of drug-likeness (QED) is 0.318. The summed E-state index contributed by atoms with van der Waals surface area (Å²) in [6.07, 6.45) is 1.35. The van der Waals surface area contributed by atoms with Gasteiger partial charge in [-0.3, -0.25) is 9.59 Å². The smallest absolute Gasteiger partial charge is 0.329 e. The van der Waals surface area contributed by atoms with Crippen molar-refractivity contribution in [2.75, 3.05) is 34.5 Å². The van der Waals surface area contributed by atoms with E-state index in [1.54, 1.807) is 18.2 Å². The van der Waals surface area contributed by atoms with Gasteiger partial charge in [0.25, 0.3) is 0 Å². The average molecular weight is 309 g/mol. The van der Waals surface area contributed by atoms with E-state index in [0.717, 1.165) is 0 Å². The highest BCUT2D eigenvalue weighted by Gasteiger charge is 2.12. The van der Waals surface area contributed by atoms with Crippen molar-refractivity contribution >= 4 is 18.0 Å². The summed E-state index contributed by atoms with van der Waals surface area (Å²) >= 11 is 0. The molecule has 0 heterocycles. The number of carbonyl (C=O) groups is 2. The Morgan fingerprint density at radius 3 is 2.32 bits per heavy atom. The van der Waals surface area contributed by atoms with Gasteiger partial charge in [0.15, 0.2) is 0 Å². The topological polar surface area (TPSA) is 98.2 Å². The normalized spacial score (nSPS) is 10.3. The van der Waals surface area contributed by atoms with Gasteiger partial charge in [-0.05, 0) is 12.1 Å². The third-order valence-electron chi connectivity index (χ3n) is 2.62. The number of hydrogen-bond donors (Lipinski definition) is 2. The molecular weight excluding hydrogens is 290 g/mol. The lowest BCUT2D eigenvalue weighted by Gasteiger charge is -2.09. The van der Waals surface area contributed by atoms with Crippen LogP contribution in [-0.4, -0.2) is 52.5 Å². The van der Waals surface area contributed by atoms with Crippen molar-refractivity contribution in [1.29, 1.82) is 0 Å². The van der Waals surface area contributed by atoms with Gasteiger partial charge in [-0.25, -0.2) is 5.43 Å². The molecule has 0 unspecified atom stereocenters. The number of hydrazone groups is 1. The lowest BCUT2D eigenvalue weighted by Crippen LogP contribution is -2.39. The Balaban J connectivity index is 2.66. The van der Waals surface area contributed by atoms with Crippen LogP contribution >= 0.6 is 0 Å². The Morgan fingerprint density at radius 2 is 1.77 bits per heavy atom. The van der Waals surface area contributed by atoms with Crippen LogP contribution in [-0.2, 0) is 14.3 Å². The molecular formula is C14H19N3O5. The van der Waals surface area contributed by atoms with E-state index in [9.17, 15) is 9.59 Å². The van der Waals surface area contributed by atoms with E-state index in [0.29, 0.717) is 23.7 Å². The first kappa shape index (κ1) is 17.4. The van der Waals surface area contributed by atoms with E-state index in [4.69, 9.17) is 14.2 Å². The van der Waals surface area contributed by atoms with Crippen LogP contribution < -0.4 is 20.2 Å². The molecule has 0 aliphatic rings. The summed E-state index contributed by atoms with van der Waals surface area (Å²) in [6, 6.07) is 5.21. The zero-order valence-corrected chi connectivity index (χ0v) is 12.7. The molecule has 2 amide bonds. The third kappa shape index (κ3) is 5.06. The van der Waals surface area contributed by atoms with Crippen LogP contribution in [0, 0.1) is 0 Å². The zero-order valence-electron chi connectivity index (χ0n) is 12.7. The summed E-state index contributed by atoms with van der Waals surface area (Å²) in [5.41, 5.74) is 2.68. The molecule has 0 spiro atoms. The SMILES string of the molecule is COCCNC(=O)C(=O)N/N=C\c1c(OC)cccc1OC. The van der Waals surface area contributed by atoms with Crippen LogP contribution in [0.4, 0.5) is 0 Å². The molecule has 1 aromatic carbocycles. The van der Waals surface area contributed by atoms with Gasteiger partial charge in [0, 0.05) is 13.7 Å². The van der Waals surface area contributed by atoms with Crippen molar-refractivity contribution in [1.82, 2.24) is 10.7 Å². The second-order valence-corrected chi connectivity index (χ2v) is 4.02. The lowest BCUT2D eigenvalue weighted by atomic mass is 10.2. The molecule has 0 saturated heterocycles. The number of methoxy groups -OCH3 is 3. The summed E-state index contributed by atoms with van der Waals surface area (Å²) < 4.78 is 15.1. The summed E-state index contributed by atoms with van der Waals surface area (Å²) in [7, 11) is 4.51. The minimum atomic E-state index is -0.874. The number of hydrogen-bond acceptors (Lipinski definition) is 6. The molecule has 22 heavy (non-hydrogen) atoms. The second kappa shape index (κ2) is 9.35. The predicted octanol–water partition coefficient (Wildman–Crippen LogP) is -0.0835. The van der Waals surface area contributed by atoms with Crippen LogP contribution in [0.15, 0.2) is 23.3 Å². The highest BCUT2D eigenvalue weighted by atomic mass is 16.5. The molecule has 0 radical (unpaired) electrons. The van der Waals surface area contributed by atoms with Crippen molar-refractivity contribution in [2.24, 2.45) is 5.10 Å². The Labute approximate surface area is 128 Å². The van der Waals surface area contributed by atoms with Crippen LogP contribution in [0.2, 0.25) is 0 Å². The number of nitrogens with zero attached hydrogens (tertiary/aromatic N) is 1. The van der Waals surface area contributed by atoms with Crippen LogP contribution in [0.1, 0.15) is 5.56 Å². The number of amides is 2. The van der Waals surface area contributed by atoms with Crippen LogP contribution in [0.5, 0.6) is 11.5 Å². The third-order valence-corrected chi connectivity index (χ3v) is 2.62. The molecule has 0 bridgehead atoms. The minimum Gasteiger partial charge on any atom is -0.496 e. The van der Waals surface area contributed by atoms with Gasteiger partial charge in [-0.2, -0.15) is 5.10 Å². The number of benzene rings is 1. The van der Waals surface area contributed by atoms with E-state index in [1.807, 2.05) is 0 Å². The predicted molar refractivity (Wildman–Crippen MR) is 80.2 cm³/mol. The summed E-state index contributed by atoms with van der Waals surface area (Å²) in [5.74, 6) is -0.605. The Bertz CT molecular complexity index is 523. The lowest BCUT2D eigenvalue weighted by molar-refractivity contribution is -0.139. The molecule has 0 saturated carbocycles. The highest BCUT2D eigenvalue weighted by molar-refractivity contribution is 6.35. The molecule has 1 aromatic rings. The minimum absolute atomic E-state index is 0.243. The van der Waals surface area contributed by atoms with Crippen molar-refractivity contribution in [3.63, 3.8) is 0 Å². The van der Waals surface area contributed by atoms with E-state index in [1.165, 1.54) is 27.5 Å². The van der Waals surface area contributed by atoms with Gasteiger partial charge >= 0.3 is 11.8 Å². The fraction of sp³-hybridized carbons (Fsp3) is 0.357. The van der Waals surface area contributed by atoms with Crippen LogP contribution in [0.3, 0.4) is 0 Å². The summed E-state index contributed by atoms with van der Waals surface area (Å²) in [5, 5.41) is 6.11. The number of carbonyl (C=O) groups excluding carboxylic acids is 2. The molecule has 8 heteroatoms. The highest BCUT2D eigenvalue weighted by Crippen LogP contribution is 2.25. The molecule has 0 atom stereocenters. The molecule has 0 aromatic heterocycles. The number of ether oxygens (including phenoxy) is 3. The number of rotatable bonds is 7. The average Bonchev–Trinajstić information content (AvgIpc) is 2.54. The van der Waals surface area contributed by atoms with Gasteiger partial charge in [0.05, 0.1) is 32.6 Å². The first-order valence-electron chi connectivity index (χ1n) is 6.45. The second-order valence-electron chi connectivity index (χ2n) is 4.02.